The zero-order valence-corrected chi connectivity index (χ0v) is 12.7. The molecule has 0 aliphatic heterocycles. The number of aromatic nitrogens is 1. The second kappa shape index (κ2) is 6.12. The molecule has 1 amide bonds. The Morgan fingerprint density at radius 3 is 2.84 bits per heavy atom. The first kappa shape index (κ1) is 14.0. The number of amides is 1. The summed E-state index contributed by atoms with van der Waals surface area (Å²) in [6, 6.07) is 11.2. The number of benzene rings is 1. The molecule has 0 spiro atoms. The Morgan fingerprint density at radius 1 is 1.37 bits per heavy atom. The first-order chi connectivity index (χ1) is 9.08. The summed E-state index contributed by atoms with van der Waals surface area (Å²) in [6.07, 6.45) is 1.71. The Labute approximate surface area is 125 Å². The number of hydrogen-bond acceptors (Lipinski definition) is 2. The third kappa shape index (κ3) is 3.52. The summed E-state index contributed by atoms with van der Waals surface area (Å²) in [5, 5.41) is 2.93. The predicted molar refractivity (Wildman–Crippen MR) is 81.6 cm³/mol. The van der Waals surface area contributed by atoms with Crippen molar-refractivity contribution in [3.05, 3.63) is 62.8 Å². The minimum Gasteiger partial charge on any atom is -0.352 e. The van der Waals surface area contributed by atoms with E-state index in [-0.39, 0.29) is 11.9 Å². The summed E-state index contributed by atoms with van der Waals surface area (Å²) in [5.41, 5.74) is 1.52. The Bertz CT molecular complexity index is 654. The number of carbonyl (C=O) groups excluding carboxylic acids is 1. The fourth-order valence-corrected chi connectivity index (χ4v) is 2.38. The van der Waals surface area contributed by atoms with E-state index in [1.54, 1.807) is 18.3 Å². The number of rotatable bonds is 3. The largest absolute Gasteiger partial charge is 0.352 e. The molecule has 0 saturated heterocycles. The van der Waals surface area contributed by atoms with Crippen LogP contribution in [0, 0.1) is 4.64 Å². The lowest BCUT2D eigenvalue weighted by Gasteiger charge is -2.14. The molecule has 5 heteroatoms. The quantitative estimate of drug-likeness (QED) is 0.832. The van der Waals surface area contributed by atoms with E-state index in [9.17, 15) is 4.79 Å². The van der Waals surface area contributed by atoms with Crippen molar-refractivity contribution in [1.29, 1.82) is 0 Å². The molecule has 3 nitrogen and oxygen atoms in total. The molecule has 2 rings (SSSR count). The fraction of sp³-hybridized carbons (Fsp3) is 0.143. The molecule has 1 aromatic heterocycles. The fourth-order valence-electron chi connectivity index (χ4n) is 1.73. The Hall–Kier alpha value is -1.46. The van der Waals surface area contributed by atoms with Crippen LogP contribution in [0.15, 0.2) is 47.1 Å². The minimum atomic E-state index is -0.172. The minimum absolute atomic E-state index is 0.0837. The van der Waals surface area contributed by atoms with E-state index >= 15 is 0 Å². The first-order valence-electron chi connectivity index (χ1n) is 5.82. The van der Waals surface area contributed by atoms with Crippen LogP contribution in [0.5, 0.6) is 0 Å². The number of H-pyrrole nitrogens is 1. The Morgan fingerprint density at radius 2 is 2.16 bits per heavy atom. The molecule has 2 N–H and O–H groups in total. The molecule has 0 aliphatic rings. The molecule has 0 bridgehead atoms. The highest BCUT2D eigenvalue weighted by Gasteiger charge is 2.12. The molecule has 19 heavy (non-hydrogen) atoms. The van der Waals surface area contributed by atoms with E-state index < -0.39 is 0 Å². The lowest BCUT2D eigenvalue weighted by Crippen LogP contribution is -2.27. The van der Waals surface area contributed by atoms with Crippen LogP contribution >= 0.6 is 28.1 Å². The maximum Gasteiger partial charge on any atom is 0.254 e. The van der Waals surface area contributed by atoms with Gasteiger partial charge in [0.1, 0.15) is 4.64 Å². The van der Waals surface area contributed by atoms with Gasteiger partial charge in [-0.2, -0.15) is 0 Å². The summed E-state index contributed by atoms with van der Waals surface area (Å²) in [5.74, 6) is -0.172. The Balaban J connectivity index is 2.16. The van der Waals surface area contributed by atoms with E-state index in [0.717, 1.165) is 10.0 Å². The maximum absolute atomic E-state index is 12.1. The smallest absolute Gasteiger partial charge is 0.254 e. The molecular formula is C14H13BrN2OS. The van der Waals surface area contributed by atoms with Crippen LogP contribution in [0.3, 0.4) is 0 Å². The van der Waals surface area contributed by atoms with Crippen molar-refractivity contribution < 1.29 is 4.79 Å². The van der Waals surface area contributed by atoms with Gasteiger partial charge in [-0.25, -0.2) is 0 Å². The molecule has 0 saturated carbocycles. The van der Waals surface area contributed by atoms with Gasteiger partial charge < -0.3 is 10.3 Å². The van der Waals surface area contributed by atoms with Gasteiger partial charge in [0, 0.05) is 10.7 Å². The molecule has 1 aromatic carbocycles. The molecule has 0 unspecified atom stereocenters. The summed E-state index contributed by atoms with van der Waals surface area (Å²) < 4.78 is 1.43. The van der Waals surface area contributed by atoms with Gasteiger partial charge in [0.2, 0.25) is 0 Å². The molecule has 0 radical (unpaired) electrons. The number of pyridine rings is 1. The highest BCUT2D eigenvalue weighted by Crippen LogP contribution is 2.18. The van der Waals surface area contributed by atoms with Crippen molar-refractivity contribution in [3.8, 4) is 0 Å². The molecule has 2 aromatic rings. The zero-order chi connectivity index (χ0) is 13.8. The van der Waals surface area contributed by atoms with Crippen LogP contribution < -0.4 is 5.32 Å². The van der Waals surface area contributed by atoms with Gasteiger partial charge in [-0.3, -0.25) is 4.79 Å². The third-order valence-electron chi connectivity index (χ3n) is 2.76. The third-order valence-corrected chi connectivity index (χ3v) is 3.59. The van der Waals surface area contributed by atoms with Crippen LogP contribution in [0.25, 0.3) is 0 Å². The van der Waals surface area contributed by atoms with Crippen LogP contribution in [0.4, 0.5) is 0 Å². The van der Waals surface area contributed by atoms with Gasteiger partial charge in [0.25, 0.3) is 5.91 Å². The summed E-state index contributed by atoms with van der Waals surface area (Å²) in [4.78, 5) is 15.0. The number of aromatic amines is 1. The van der Waals surface area contributed by atoms with E-state index in [1.807, 2.05) is 31.2 Å². The first-order valence-corrected chi connectivity index (χ1v) is 7.02. The van der Waals surface area contributed by atoms with Crippen LogP contribution in [0.2, 0.25) is 0 Å². The highest BCUT2D eigenvalue weighted by atomic mass is 79.9. The summed E-state index contributed by atoms with van der Waals surface area (Å²) in [7, 11) is 0. The van der Waals surface area contributed by atoms with Crippen LogP contribution in [-0.2, 0) is 0 Å². The van der Waals surface area contributed by atoms with Crippen LogP contribution in [-0.4, -0.2) is 10.9 Å². The van der Waals surface area contributed by atoms with Crippen molar-refractivity contribution in [2.45, 2.75) is 13.0 Å². The monoisotopic (exact) mass is 336 g/mol. The number of halogens is 1. The van der Waals surface area contributed by atoms with Crippen molar-refractivity contribution in [3.63, 3.8) is 0 Å². The average Bonchev–Trinajstić information content (AvgIpc) is 2.39. The molecule has 0 aliphatic carbocycles. The van der Waals surface area contributed by atoms with Gasteiger partial charge in [0.05, 0.1) is 11.6 Å². The van der Waals surface area contributed by atoms with Gasteiger partial charge in [-0.15, -0.1) is 0 Å². The summed E-state index contributed by atoms with van der Waals surface area (Å²) in [6.45, 7) is 1.94. The van der Waals surface area contributed by atoms with Crippen molar-refractivity contribution in [1.82, 2.24) is 10.3 Å². The van der Waals surface area contributed by atoms with Gasteiger partial charge >= 0.3 is 0 Å². The van der Waals surface area contributed by atoms with Gasteiger partial charge in [-0.05, 0) is 36.8 Å². The van der Waals surface area contributed by atoms with E-state index in [1.165, 1.54) is 0 Å². The maximum atomic E-state index is 12.1. The molecular weight excluding hydrogens is 324 g/mol. The average molecular weight is 337 g/mol. The topological polar surface area (TPSA) is 44.9 Å². The second-order valence-electron chi connectivity index (χ2n) is 4.16. The van der Waals surface area contributed by atoms with Crippen molar-refractivity contribution >= 4 is 34.1 Å². The van der Waals surface area contributed by atoms with Gasteiger partial charge in [-0.1, -0.05) is 40.3 Å². The Kier molecular flexibility index (Phi) is 4.50. The van der Waals surface area contributed by atoms with Crippen molar-refractivity contribution in [2.75, 3.05) is 0 Å². The van der Waals surface area contributed by atoms with Crippen LogP contribution in [0.1, 0.15) is 28.9 Å². The number of hydrogen-bond donors (Lipinski definition) is 2. The van der Waals surface area contributed by atoms with Gasteiger partial charge in [0.15, 0.2) is 0 Å². The van der Waals surface area contributed by atoms with E-state index in [4.69, 9.17) is 12.2 Å². The highest BCUT2D eigenvalue weighted by molar-refractivity contribution is 9.10. The molecule has 1 heterocycles. The molecule has 1 atom stereocenters. The standard InChI is InChI=1S/C14H13BrN2OS/c1-9(10-4-2-5-11(15)8-10)17-13(18)12-6-3-7-16-14(12)19/h2-9H,1H3,(H,16,19)(H,17,18)/t9-/m1/s1. The van der Waals surface area contributed by atoms with Crippen molar-refractivity contribution in [2.24, 2.45) is 0 Å². The second-order valence-corrected chi connectivity index (χ2v) is 5.49. The predicted octanol–water partition coefficient (Wildman–Crippen LogP) is 4.00. The lowest BCUT2D eigenvalue weighted by atomic mass is 10.1. The van der Waals surface area contributed by atoms with E-state index in [2.05, 4.69) is 26.2 Å². The summed E-state index contributed by atoms with van der Waals surface area (Å²) >= 11 is 8.51. The SMILES string of the molecule is C[C@@H](NC(=O)c1ccc[nH]c1=S)c1cccc(Br)c1. The number of nitrogens with one attached hydrogen (secondary N) is 2. The molecule has 98 valence electrons. The normalized spacial score (nSPS) is 11.9. The zero-order valence-electron chi connectivity index (χ0n) is 10.3. The number of carbonyl (C=O) groups is 1. The van der Waals surface area contributed by atoms with E-state index in [0.29, 0.717) is 10.2 Å². The lowest BCUT2D eigenvalue weighted by molar-refractivity contribution is 0.0939. The molecule has 0 fully saturated rings.